The molecule has 0 unspecified atom stereocenters. The first-order chi connectivity index (χ1) is 10.2. The SMILES string of the molecule is CC[C@@H](C)c1ccccc1NC(=O)c1cccc(C#N)c1. The van der Waals surface area contributed by atoms with Gasteiger partial charge in [0.2, 0.25) is 0 Å². The van der Waals surface area contributed by atoms with Gasteiger partial charge in [0.1, 0.15) is 0 Å². The quantitative estimate of drug-likeness (QED) is 0.905. The van der Waals surface area contributed by atoms with Gasteiger partial charge < -0.3 is 5.32 Å². The van der Waals surface area contributed by atoms with Gasteiger partial charge in [-0.05, 0) is 42.2 Å². The van der Waals surface area contributed by atoms with E-state index in [2.05, 4.69) is 19.2 Å². The Balaban J connectivity index is 2.26. The molecule has 3 nitrogen and oxygen atoms in total. The van der Waals surface area contributed by atoms with E-state index in [4.69, 9.17) is 5.26 Å². The molecule has 0 aliphatic heterocycles. The van der Waals surface area contributed by atoms with Crippen LogP contribution in [0.15, 0.2) is 48.5 Å². The number of para-hydroxylation sites is 1. The first-order valence-electron chi connectivity index (χ1n) is 7.06. The maximum Gasteiger partial charge on any atom is 0.255 e. The van der Waals surface area contributed by atoms with Crippen LogP contribution in [0.2, 0.25) is 0 Å². The van der Waals surface area contributed by atoms with Crippen molar-refractivity contribution in [2.75, 3.05) is 5.32 Å². The van der Waals surface area contributed by atoms with Crippen LogP contribution in [0.25, 0.3) is 0 Å². The number of nitrogens with zero attached hydrogens (tertiary/aromatic N) is 1. The molecule has 1 N–H and O–H groups in total. The average Bonchev–Trinajstić information content (AvgIpc) is 2.54. The van der Waals surface area contributed by atoms with Crippen LogP contribution in [0.3, 0.4) is 0 Å². The normalized spacial score (nSPS) is 11.5. The lowest BCUT2D eigenvalue weighted by atomic mass is 9.96. The lowest BCUT2D eigenvalue weighted by molar-refractivity contribution is 0.102. The van der Waals surface area contributed by atoms with E-state index in [0.717, 1.165) is 17.7 Å². The number of carbonyl (C=O) groups excluding carboxylic acids is 1. The molecule has 0 spiro atoms. The van der Waals surface area contributed by atoms with Crippen molar-refractivity contribution in [3.8, 4) is 6.07 Å². The minimum Gasteiger partial charge on any atom is -0.322 e. The molecule has 0 saturated heterocycles. The summed E-state index contributed by atoms with van der Waals surface area (Å²) in [5, 5.41) is 11.8. The van der Waals surface area contributed by atoms with Crippen LogP contribution in [0.1, 0.15) is 47.7 Å². The number of benzene rings is 2. The predicted molar refractivity (Wildman–Crippen MR) is 84.3 cm³/mol. The Morgan fingerprint density at radius 1 is 1.24 bits per heavy atom. The Kier molecular flexibility index (Phi) is 4.73. The highest BCUT2D eigenvalue weighted by Crippen LogP contribution is 2.26. The Bertz CT molecular complexity index is 686. The molecular weight excluding hydrogens is 260 g/mol. The smallest absolute Gasteiger partial charge is 0.255 e. The molecule has 2 aromatic carbocycles. The molecule has 0 fully saturated rings. The number of hydrogen-bond acceptors (Lipinski definition) is 2. The van der Waals surface area contributed by atoms with Crippen molar-refractivity contribution in [1.29, 1.82) is 5.26 Å². The van der Waals surface area contributed by atoms with E-state index in [1.165, 1.54) is 0 Å². The number of anilines is 1. The fourth-order valence-electron chi connectivity index (χ4n) is 2.18. The van der Waals surface area contributed by atoms with Crippen LogP contribution in [0.4, 0.5) is 5.69 Å². The zero-order chi connectivity index (χ0) is 15.2. The third kappa shape index (κ3) is 3.49. The molecule has 0 radical (unpaired) electrons. The van der Waals surface area contributed by atoms with Gasteiger partial charge >= 0.3 is 0 Å². The summed E-state index contributed by atoms with van der Waals surface area (Å²) >= 11 is 0. The Hall–Kier alpha value is -2.60. The minimum atomic E-state index is -0.192. The number of amides is 1. The summed E-state index contributed by atoms with van der Waals surface area (Å²) in [6, 6.07) is 16.6. The van der Waals surface area contributed by atoms with Crippen molar-refractivity contribution in [3.63, 3.8) is 0 Å². The van der Waals surface area contributed by atoms with Crippen LogP contribution in [-0.4, -0.2) is 5.91 Å². The van der Waals surface area contributed by atoms with E-state index in [1.54, 1.807) is 24.3 Å². The summed E-state index contributed by atoms with van der Waals surface area (Å²) in [5.41, 5.74) is 2.94. The van der Waals surface area contributed by atoms with Gasteiger partial charge in [0.05, 0.1) is 11.6 Å². The number of hydrogen-bond donors (Lipinski definition) is 1. The van der Waals surface area contributed by atoms with Gasteiger partial charge in [0.25, 0.3) is 5.91 Å². The summed E-state index contributed by atoms with van der Waals surface area (Å²) in [6.07, 6.45) is 1.01. The predicted octanol–water partition coefficient (Wildman–Crippen LogP) is 4.32. The van der Waals surface area contributed by atoms with Crippen LogP contribution in [0.5, 0.6) is 0 Å². The van der Waals surface area contributed by atoms with Gasteiger partial charge in [-0.3, -0.25) is 4.79 Å². The number of rotatable bonds is 4. The third-order valence-electron chi connectivity index (χ3n) is 3.61. The molecule has 0 aliphatic rings. The zero-order valence-electron chi connectivity index (χ0n) is 12.3. The molecule has 3 heteroatoms. The number of nitriles is 1. The summed E-state index contributed by atoms with van der Waals surface area (Å²) in [4.78, 5) is 12.3. The summed E-state index contributed by atoms with van der Waals surface area (Å²) < 4.78 is 0. The average molecular weight is 278 g/mol. The van der Waals surface area contributed by atoms with E-state index in [0.29, 0.717) is 17.0 Å². The second-order valence-corrected chi connectivity index (χ2v) is 5.04. The molecular formula is C18H18N2O. The van der Waals surface area contributed by atoms with Gasteiger partial charge in [0, 0.05) is 11.3 Å². The maximum absolute atomic E-state index is 12.3. The van der Waals surface area contributed by atoms with E-state index in [9.17, 15) is 4.79 Å². The molecule has 0 heterocycles. The van der Waals surface area contributed by atoms with Crippen LogP contribution < -0.4 is 5.32 Å². The Morgan fingerprint density at radius 3 is 2.71 bits per heavy atom. The first kappa shape index (κ1) is 14.8. The topological polar surface area (TPSA) is 52.9 Å². The zero-order valence-corrected chi connectivity index (χ0v) is 12.3. The molecule has 2 rings (SSSR count). The largest absolute Gasteiger partial charge is 0.322 e. The van der Waals surface area contributed by atoms with Crippen molar-refractivity contribution >= 4 is 11.6 Å². The van der Waals surface area contributed by atoms with Crippen molar-refractivity contribution < 1.29 is 4.79 Å². The van der Waals surface area contributed by atoms with Crippen LogP contribution in [-0.2, 0) is 0 Å². The van der Waals surface area contributed by atoms with Gasteiger partial charge in [-0.15, -0.1) is 0 Å². The van der Waals surface area contributed by atoms with Crippen molar-refractivity contribution in [2.24, 2.45) is 0 Å². The van der Waals surface area contributed by atoms with E-state index >= 15 is 0 Å². The van der Waals surface area contributed by atoms with E-state index < -0.39 is 0 Å². The van der Waals surface area contributed by atoms with Crippen LogP contribution in [0, 0.1) is 11.3 Å². The summed E-state index contributed by atoms with van der Waals surface area (Å²) in [5.74, 6) is 0.190. The molecule has 0 aliphatic carbocycles. The van der Waals surface area contributed by atoms with Gasteiger partial charge in [-0.25, -0.2) is 0 Å². The highest BCUT2D eigenvalue weighted by molar-refractivity contribution is 6.04. The molecule has 2 aromatic rings. The first-order valence-corrected chi connectivity index (χ1v) is 7.06. The molecule has 106 valence electrons. The molecule has 1 amide bonds. The van der Waals surface area contributed by atoms with Crippen LogP contribution >= 0.6 is 0 Å². The second-order valence-electron chi connectivity index (χ2n) is 5.04. The second kappa shape index (κ2) is 6.71. The Morgan fingerprint density at radius 2 is 2.00 bits per heavy atom. The maximum atomic E-state index is 12.3. The monoisotopic (exact) mass is 278 g/mol. The van der Waals surface area contributed by atoms with Crippen molar-refractivity contribution in [2.45, 2.75) is 26.2 Å². The lowest BCUT2D eigenvalue weighted by Gasteiger charge is -2.15. The molecule has 0 bridgehead atoms. The van der Waals surface area contributed by atoms with Gasteiger partial charge in [-0.2, -0.15) is 5.26 Å². The highest BCUT2D eigenvalue weighted by Gasteiger charge is 2.12. The highest BCUT2D eigenvalue weighted by atomic mass is 16.1. The number of carbonyl (C=O) groups is 1. The van der Waals surface area contributed by atoms with E-state index in [-0.39, 0.29) is 5.91 Å². The standard InChI is InChI=1S/C18H18N2O/c1-3-13(2)16-9-4-5-10-17(16)20-18(21)15-8-6-7-14(11-15)12-19/h4-11,13H,3H2,1-2H3,(H,20,21)/t13-/m1/s1. The number of nitrogens with one attached hydrogen (secondary N) is 1. The van der Waals surface area contributed by atoms with E-state index in [1.807, 2.05) is 30.3 Å². The third-order valence-corrected chi connectivity index (χ3v) is 3.61. The lowest BCUT2D eigenvalue weighted by Crippen LogP contribution is -2.14. The molecule has 0 saturated carbocycles. The molecule has 0 aromatic heterocycles. The minimum absolute atomic E-state index is 0.192. The van der Waals surface area contributed by atoms with Gasteiger partial charge in [-0.1, -0.05) is 38.1 Å². The fraction of sp³-hybridized carbons (Fsp3) is 0.222. The summed E-state index contributed by atoms with van der Waals surface area (Å²) in [6.45, 7) is 4.26. The van der Waals surface area contributed by atoms with Gasteiger partial charge in [0.15, 0.2) is 0 Å². The molecule has 1 atom stereocenters. The molecule has 21 heavy (non-hydrogen) atoms. The van der Waals surface area contributed by atoms with Crippen molar-refractivity contribution in [1.82, 2.24) is 0 Å². The Labute approximate surface area is 125 Å². The summed E-state index contributed by atoms with van der Waals surface area (Å²) in [7, 11) is 0. The fourth-order valence-corrected chi connectivity index (χ4v) is 2.18. The van der Waals surface area contributed by atoms with Crippen molar-refractivity contribution in [3.05, 3.63) is 65.2 Å².